The van der Waals surface area contributed by atoms with Crippen LogP contribution in [0.1, 0.15) is 28.8 Å². The standard InChI is InChI=1S/C19H23N3O3S.ClH/c1-14-5-2-7-16(11-14)21-26(24,25)18-9-3-6-15(12-18)19(23)22-10-4-8-17(22)13-20;/h2-3,5-7,9,11-12,17,21H,4,8,10,13,20H2,1H3;1H. The fourth-order valence-electron chi connectivity index (χ4n) is 3.23. The first-order valence-corrected chi connectivity index (χ1v) is 10.1. The number of hydrogen-bond acceptors (Lipinski definition) is 4. The van der Waals surface area contributed by atoms with Gasteiger partial charge in [0.25, 0.3) is 15.9 Å². The summed E-state index contributed by atoms with van der Waals surface area (Å²) in [5.41, 5.74) is 7.54. The first-order valence-electron chi connectivity index (χ1n) is 8.61. The van der Waals surface area contributed by atoms with Crippen molar-refractivity contribution >= 4 is 34.0 Å². The Bertz CT molecular complexity index is 918. The SMILES string of the molecule is Cc1cccc(NS(=O)(=O)c2cccc(C(=O)N3CCCC3CN)c2)c1.Cl. The zero-order valence-corrected chi connectivity index (χ0v) is 16.7. The molecule has 1 amide bonds. The molecule has 0 spiro atoms. The lowest BCUT2D eigenvalue weighted by Crippen LogP contribution is -2.39. The third-order valence-corrected chi connectivity index (χ3v) is 5.95. The summed E-state index contributed by atoms with van der Waals surface area (Å²) >= 11 is 0. The zero-order valence-electron chi connectivity index (χ0n) is 15.1. The minimum Gasteiger partial charge on any atom is -0.334 e. The molecule has 3 N–H and O–H groups in total. The number of amides is 1. The van der Waals surface area contributed by atoms with Crippen molar-refractivity contribution in [2.75, 3.05) is 17.8 Å². The molecule has 8 heteroatoms. The number of sulfonamides is 1. The molecule has 1 fully saturated rings. The maximum absolute atomic E-state index is 12.8. The van der Waals surface area contributed by atoms with Crippen molar-refractivity contribution in [1.82, 2.24) is 4.90 Å². The maximum atomic E-state index is 12.8. The summed E-state index contributed by atoms with van der Waals surface area (Å²) in [6.45, 7) is 2.96. The van der Waals surface area contributed by atoms with Crippen molar-refractivity contribution in [3.8, 4) is 0 Å². The Morgan fingerprint density at radius 3 is 2.67 bits per heavy atom. The number of hydrogen-bond donors (Lipinski definition) is 2. The molecule has 1 unspecified atom stereocenters. The van der Waals surface area contributed by atoms with Crippen LogP contribution in [0.4, 0.5) is 5.69 Å². The van der Waals surface area contributed by atoms with Crippen molar-refractivity contribution in [3.05, 3.63) is 59.7 Å². The second-order valence-corrected chi connectivity index (χ2v) is 8.22. The first-order chi connectivity index (χ1) is 12.4. The van der Waals surface area contributed by atoms with E-state index in [1.807, 2.05) is 13.0 Å². The normalized spacial score (nSPS) is 16.7. The van der Waals surface area contributed by atoms with E-state index in [-0.39, 0.29) is 29.3 Å². The second kappa shape index (κ2) is 8.73. The third-order valence-electron chi connectivity index (χ3n) is 4.57. The lowest BCUT2D eigenvalue weighted by atomic mass is 10.1. The van der Waals surface area contributed by atoms with Crippen molar-refractivity contribution in [3.63, 3.8) is 0 Å². The van der Waals surface area contributed by atoms with E-state index in [1.54, 1.807) is 35.2 Å². The van der Waals surface area contributed by atoms with Gasteiger partial charge in [-0.05, 0) is 55.7 Å². The topological polar surface area (TPSA) is 92.5 Å². The number of aryl methyl sites for hydroxylation is 1. The van der Waals surface area contributed by atoms with Crippen molar-refractivity contribution < 1.29 is 13.2 Å². The summed E-state index contributed by atoms with van der Waals surface area (Å²) in [5, 5.41) is 0. The minimum absolute atomic E-state index is 0. The van der Waals surface area contributed by atoms with Gasteiger partial charge in [0.05, 0.1) is 4.90 Å². The van der Waals surface area contributed by atoms with Gasteiger partial charge >= 0.3 is 0 Å². The number of carbonyl (C=O) groups excluding carboxylic acids is 1. The van der Waals surface area contributed by atoms with Crippen molar-refractivity contribution in [2.24, 2.45) is 5.73 Å². The number of nitrogens with two attached hydrogens (primary N) is 1. The highest BCUT2D eigenvalue weighted by Crippen LogP contribution is 2.22. The highest BCUT2D eigenvalue weighted by atomic mass is 35.5. The fourth-order valence-corrected chi connectivity index (χ4v) is 4.33. The number of likely N-dealkylation sites (tertiary alicyclic amines) is 1. The van der Waals surface area contributed by atoms with Gasteiger partial charge in [-0.1, -0.05) is 18.2 Å². The number of nitrogens with zero attached hydrogens (tertiary/aromatic N) is 1. The summed E-state index contributed by atoms with van der Waals surface area (Å²) in [6, 6.07) is 13.3. The number of anilines is 1. The van der Waals surface area contributed by atoms with Gasteiger partial charge in [0.15, 0.2) is 0 Å². The van der Waals surface area contributed by atoms with Crippen LogP contribution in [-0.2, 0) is 10.0 Å². The quantitative estimate of drug-likeness (QED) is 0.794. The Kier molecular flexibility index (Phi) is 6.86. The molecular weight excluding hydrogens is 386 g/mol. The second-order valence-electron chi connectivity index (χ2n) is 6.53. The maximum Gasteiger partial charge on any atom is 0.261 e. The van der Waals surface area contributed by atoms with E-state index < -0.39 is 10.0 Å². The van der Waals surface area contributed by atoms with E-state index in [9.17, 15) is 13.2 Å². The van der Waals surface area contributed by atoms with Crippen LogP contribution < -0.4 is 10.5 Å². The van der Waals surface area contributed by atoms with Crippen molar-refractivity contribution in [2.45, 2.75) is 30.7 Å². The average Bonchev–Trinajstić information content (AvgIpc) is 3.09. The summed E-state index contributed by atoms with van der Waals surface area (Å²) in [5.74, 6) is -0.175. The van der Waals surface area contributed by atoms with Crippen LogP contribution in [0.3, 0.4) is 0 Å². The molecule has 1 saturated heterocycles. The molecule has 0 aliphatic carbocycles. The molecule has 1 aliphatic rings. The van der Waals surface area contributed by atoms with Gasteiger partial charge in [0.2, 0.25) is 0 Å². The number of carbonyl (C=O) groups is 1. The van der Waals surface area contributed by atoms with E-state index in [4.69, 9.17) is 5.73 Å². The molecule has 6 nitrogen and oxygen atoms in total. The van der Waals surface area contributed by atoms with E-state index >= 15 is 0 Å². The van der Waals surface area contributed by atoms with Gasteiger partial charge in [-0.15, -0.1) is 12.4 Å². The summed E-state index contributed by atoms with van der Waals surface area (Å²) < 4.78 is 27.9. The average molecular weight is 410 g/mol. The molecule has 2 aromatic rings. The molecule has 146 valence electrons. The third kappa shape index (κ3) is 4.80. The van der Waals surface area contributed by atoms with E-state index in [1.165, 1.54) is 12.1 Å². The molecule has 27 heavy (non-hydrogen) atoms. The molecule has 1 atom stereocenters. The van der Waals surface area contributed by atoms with Crippen LogP contribution in [0, 0.1) is 6.92 Å². The van der Waals surface area contributed by atoms with Gasteiger partial charge in [-0.2, -0.15) is 0 Å². The molecule has 1 heterocycles. The number of rotatable bonds is 5. The minimum atomic E-state index is -3.77. The monoisotopic (exact) mass is 409 g/mol. The molecule has 0 saturated carbocycles. The smallest absolute Gasteiger partial charge is 0.261 e. The van der Waals surface area contributed by atoms with E-state index in [0.29, 0.717) is 24.3 Å². The fraction of sp³-hybridized carbons (Fsp3) is 0.316. The largest absolute Gasteiger partial charge is 0.334 e. The molecule has 0 aromatic heterocycles. The van der Waals surface area contributed by atoms with Crippen LogP contribution in [0.15, 0.2) is 53.4 Å². The number of nitrogens with one attached hydrogen (secondary N) is 1. The number of benzene rings is 2. The Morgan fingerprint density at radius 2 is 1.96 bits per heavy atom. The number of halogens is 1. The van der Waals surface area contributed by atoms with Crippen LogP contribution >= 0.6 is 12.4 Å². The Labute approximate surface area is 166 Å². The molecular formula is C19H24ClN3O3S. The Morgan fingerprint density at radius 1 is 1.22 bits per heavy atom. The van der Waals surface area contributed by atoms with Gasteiger partial charge in [0.1, 0.15) is 0 Å². The Balaban J connectivity index is 0.00000261. The molecule has 0 radical (unpaired) electrons. The summed E-state index contributed by atoms with van der Waals surface area (Å²) in [6.07, 6.45) is 1.80. The predicted octanol–water partition coefficient (Wildman–Crippen LogP) is 2.78. The molecule has 1 aliphatic heterocycles. The van der Waals surface area contributed by atoms with Gasteiger partial charge in [-0.3, -0.25) is 9.52 Å². The first kappa shape index (κ1) is 21.2. The van der Waals surface area contributed by atoms with Gasteiger partial charge in [0, 0.05) is 30.4 Å². The summed E-state index contributed by atoms with van der Waals surface area (Å²) in [4.78, 5) is 14.6. The van der Waals surface area contributed by atoms with E-state index in [0.717, 1.165) is 18.4 Å². The van der Waals surface area contributed by atoms with Crippen molar-refractivity contribution in [1.29, 1.82) is 0 Å². The van der Waals surface area contributed by atoms with Gasteiger partial charge in [-0.25, -0.2) is 8.42 Å². The van der Waals surface area contributed by atoms with Crippen LogP contribution in [0.2, 0.25) is 0 Å². The van der Waals surface area contributed by atoms with Crippen LogP contribution in [0.5, 0.6) is 0 Å². The molecule has 3 rings (SSSR count). The Hall–Kier alpha value is -2.09. The highest BCUT2D eigenvalue weighted by Gasteiger charge is 2.29. The molecule has 2 aromatic carbocycles. The van der Waals surface area contributed by atoms with Crippen LogP contribution in [0.25, 0.3) is 0 Å². The lowest BCUT2D eigenvalue weighted by molar-refractivity contribution is 0.0741. The lowest BCUT2D eigenvalue weighted by Gasteiger charge is -2.23. The van der Waals surface area contributed by atoms with Crippen LogP contribution in [-0.4, -0.2) is 38.4 Å². The molecule has 0 bridgehead atoms. The summed E-state index contributed by atoms with van der Waals surface area (Å²) in [7, 11) is -3.77. The predicted molar refractivity (Wildman–Crippen MR) is 109 cm³/mol. The van der Waals surface area contributed by atoms with Gasteiger partial charge < -0.3 is 10.6 Å². The highest BCUT2D eigenvalue weighted by molar-refractivity contribution is 7.92. The van der Waals surface area contributed by atoms with E-state index in [2.05, 4.69) is 4.72 Å². The zero-order chi connectivity index (χ0) is 18.7.